The third kappa shape index (κ3) is 4.91. The van der Waals surface area contributed by atoms with E-state index in [-0.39, 0.29) is 11.6 Å². The minimum atomic E-state index is -0.278. The van der Waals surface area contributed by atoms with E-state index in [9.17, 15) is 4.79 Å². The van der Waals surface area contributed by atoms with Gasteiger partial charge in [0.1, 0.15) is 11.5 Å². The van der Waals surface area contributed by atoms with Crippen molar-refractivity contribution in [2.75, 3.05) is 10.6 Å². The highest BCUT2D eigenvalue weighted by Gasteiger charge is 2.09. The second kappa shape index (κ2) is 8.45. The lowest BCUT2D eigenvalue weighted by Crippen LogP contribution is -2.14. The fourth-order valence-corrected chi connectivity index (χ4v) is 2.63. The number of carbonyl (C=O) groups is 1. The van der Waals surface area contributed by atoms with Gasteiger partial charge in [-0.1, -0.05) is 45.0 Å². The number of nitrogens with zero attached hydrogens (tertiary/aromatic N) is 2. The Balaban J connectivity index is 1.62. The second-order valence-electron chi connectivity index (χ2n) is 6.69. The van der Waals surface area contributed by atoms with Crippen LogP contribution in [0.15, 0.2) is 60.9 Å². The van der Waals surface area contributed by atoms with Gasteiger partial charge in [0.25, 0.3) is 5.91 Å². The van der Waals surface area contributed by atoms with Crippen LogP contribution in [0.25, 0.3) is 0 Å². The zero-order valence-corrected chi connectivity index (χ0v) is 15.9. The molecule has 1 heterocycles. The van der Waals surface area contributed by atoms with Crippen LogP contribution in [0.5, 0.6) is 0 Å². The smallest absolute Gasteiger partial charge is 0.275 e. The van der Waals surface area contributed by atoms with Crippen molar-refractivity contribution >= 4 is 23.1 Å². The van der Waals surface area contributed by atoms with Gasteiger partial charge in [0, 0.05) is 11.4 Å². The zero-order chi connectivity index (χ0) is 19.2. The van der Waals surface area contributed by atoms with E-state index in [4.69, 9.17) is 0 Å². The number of aryl methyl sites for hydroxylation is 1. The summed E-state index contributed by atoms with van der Waals surface area (Å²) >= 11 is 0. The van der Waals surface area contributed by atoms with Crippen LogP contribution < -0.4 is 10.6 Å². The monoisotopic (exact) mass is 360 g/mol. The van der Waals surface area contributed by atoms with Crippen molar-refractivity contribution in [3.8, 4) is 0 Å². The molecule has 0 fully saturated rings. The van der Waals surface area contributed by atoms with Crippen LogP contribution in [0.4, 0.5) is 17.2 Å². The standard InChI is InChI=1S/C22H24N4O/c1-4-16-5-9-19(10-6-16)26-22(27)20-13-24-21(14-23-20)25-18-11-7-17(8-12-18)15(2)3/h5-15H,4H2,1-3H3,(H,24,25)(H,26,27). The number of hydrogen-bond acceptors (Lipinski definition) is 4. The maximum Gasteiger partial charge on any atom is 0.275 e. The highest BCUT2D eigenvalue weighted by molar-refractivity contribution is 6.02. The van der Waals surface area contributed by atoms with E-state index in [2.05, 4.69) is 53.5 Å². The van der Waals surface area contributed by atoms with Gasteiger partial charge in [-0.2, -0.15) is 0 Å². The molecular formula is C22H24N4O. The number of carbonyl (C=O) groups excluding carboxylic acids is 1. The third-order valence-electron chi connectivity index (χ3n) is 4.35. The average Bonchev–Trinajstić information content (AvgIpc) is 2.69. The minimum absolute atomic E-state index is 0.273. The van der Waals surface area contributed by atoms with E-state index in [1.165, 1.54) is 17.3 Å². The Hall–Kier alpha value is -3.21. The lowest BCUT2D eigenvalue weighted by atomic mass is 10.0. The maximum atomic E-state index is 12.3. The molecule has 0 aliphatic carbocycles. The van der Waals surface area contributed by atoms with Crippen LogP contribution in [-0.2, 0) is 6.42 Å². The van der Waals surface area contributed by atoms with Gasteiger partial charge in [-0.3, -0.25) is 4.79 Å². The lowest BCUT2D eigenvalue weighted by molar-refractivity contribution is 0.102. The molecule has 0 radical (unpaired) electrons. The molecule has 3 aromatic rings. The Bertz CT molecular complexity index is 885. The van der Waals surface area contributed by atoms with Gasteiger partial charge in [0.05, 0.1) is 12.4 Å². The molecule has 2 aromatic carbocycles. The molecule has 0 spiro atoms. The van der Waals surface area contributed by atoms with E-state index in [1.807, 2.05) is 36.4 Å². The summed E-state index contributed by atoms with van der Waals surface area (Å²) in [7, 11) is 0. The number of rotatable bonds is 6. The Labute approximate surface area is 159 Å². The molecule has 0 aliphatic heterocycles. The van der Waals surface area contributed by atoms with Gasteiger partial charge in [0.2, 0.25) is 0 Å². The van der Waals surface area contributed by atoms with Crippen LogP contribution in [0.1, 0.15) is 48.3 Å². The fourth-order valence-electron chi connectivity index (χ4n) is 2.63. The van der Waals surface area contributed by atoms with Crippen LogP contribution >= 0.6 is 0 Å². The van der Waals surface area contributed by atoms with Gasteiger partial charge in [-0.25, -0.2) is 9.97 Å². The van der Waals surface area contributed by atoms with Gasteiger partial charge >= 0.3 is 0 Å². The van der Waals surface area contributed by atoms with E-state index < -0.39 is 0 Å². The molecule has 0 saturated carbocycles. The number of nitrogens with one attached hydrogen (secondary N) is 2. The van der Waals surface area contributed by atoms with E-state index in [1.54, 1.807) is 6.20 Å². The van der Waals surface area contributed by atoms with E-state index in [0.29, 0.717) is 11.7 Å². The summed E-state index contributed by atoms with van der Waals surface area (Å²) in [4.78, 5) is 20.8. The first-order valence-corrected chi connectivity index (χ1v) is 9.14. The number of hydrogen-bond donors (Lipinski definition) is 2. The van der Waals surface area contributed by atoms with Crippen molar-refractivity contribution in [3.63, 3.8) is 0 Å². The Kier molecular flexibility index (Phi) is 5.81. The Morgan fingerprint density at radius 1 is 0.926 bits per heavy atom. The van der Waals surface area contributed by atoms with E-state index >= 15 is 0 Å². The van der Waals surface area contributed by atoms with Crippen molar-refractivity contribution in [3.05, 3.63) is 77.7 Å². The molecule has 5 heteroatoms. The van der Waals surface area contributed by atoms with Gasteiger partial charge < -0.3 is 10.6 Å². The number of amides is 1. The first-order chi connectivity index (χ1) is 13.0. The van der Waals surface area contributed by atoms with Gasteiger partial charge in [0.15, 0.2) is 0 Å². The number of benzene rings is 2. The molecule has 1 amide bonds. The van der Waals surface area contributed by atoms with Gasteiger partial charge in [-0.15, -0.1) is 0 Å². The molecule has 2 N–H and O–H groups in total. The molecule has 0 bridgehead atoms. The number of anilines is 3. The highest BCUT2D eigenvalue weighted by Crippen LogP contribution is 2.19. The normalized spacial score (nSPS) is 10.7. The average molecular weight is 360 g/mol. The SMILES string of the molecule is CCc1ccc(NC(=O)c2cnc(Nc3ccc(C(C)C)cc3)cn2)cc1. The summed E-state index contributed by atoms with van der Waals surface area (Å²) in [5.74, 6) is 0.811. The summed E-state index contributed by atoms with van der Waals surface area (Å²) in [5.41, 5.74) is 4.46. The first kappa shape index (κ1) is 18.6. The Morgan fingerprint density at radius 2 is 1.59 bits per heavy atom. The van der Waals surface area contributed by atoms with Crippen molar-refractivity contribution in [2.45, 2.75) is 33.1 Å². The summed E-state index contributed by atoms with van der Waals surface area (Å²) in [5, 5.41) is 6.03. The van der Waals surface area contributed by atoms with Crippen LogP contribution in [0.3, 0.4) is 0 Å². The largest absolute Gasteiger partial charge is 0.339 e. The predicted octanol–water partition coefficient (Wildman–Crippen LogP) is 5.16. The molecule has 0 unspecified atom stereocenters. The molecule has 5 nitrogen and oxygen atoms in total. The quantitative estimate of drug-likeness (QED) is 0.637. The number of aromatic nitrogens is 2. The fraction of sp³-hybridized carbons (Fsp3) is 0.227. The topological polar surface area (TPSA) is 66.9 Å². The van der Waals surface area contributed by atoms with Gasteiger partial charge in [-0.05, 0) is 47.7 Å². The maximum absolute atomic E-state index is 12.3. The summed E-state index contributed by atoms with van der Waals surface area (Å²) in [6.45, 7) is 6.42. The summed E-state index contributed by atoms with van der Waals surface area (Å²) < 4.78 is 0. The second-order valence-corrected chi connectivity index (χ2v) is 6.69. The van der Waals surface area contributed by atoms with Crippen LogP contribution in [-0.4, -0.2) is 15.9 Å². The summed E-state index contributed by atoms with van der Waals surface area (Å²) in [6, 6.07) is 16.0. The predicted molar refractivity (Wildman–Crippen MR) is 110 cm³/mol. The van der Waals surface area contributed by atoms with Crippen molar-refractivity contribution in [1.82, 2.24) is 9.97 Å². The molecule has 0 atom stereocenters. The van der Waals surface area contributed by atoms with Crippen LogP contribution in [0, 0.1) is 0 Å². The molecule has 27 heavy (non-hydrogen) atoms. The van der Waals surface area contributed by atoms with E-state index in [0.717, 1.165) is 17.8 Å². The molecule has 1 aromatic heterocycles. The lowest BCUT2D eigenvalue weighted by Gasteiger charge is -2.09. The van der Waals surface area contributed by atoms with Crippen LogP contribution in [0.2, 0.25) is 0 Å². The Morgan fingerprint density at radius 3 is 2.15 bits per heavy atom. The first-order valence-electron chi connectivity index (χ1n) is 9.14. The van der Waals surface area contributed by atoms with Crippen molar-refractivity contribution in [2.24, 2.45) is 0 Å². The molecule has 0 saturated heterocycles. The zero-order valence-electron chi connectivity index (χ0n) is 15.9. The van der Waals surface area contributed by atoms with Crippen molar-refractivity contribution in [1.29, 1.82) is 0 Å². The molecule has 3 rings (SSSR count). The summed E-state index contributed by atoms with van der Waals surface area (Å²) in [6.07, 6.45) is 4.00. The van der Waals surface area contributed by atoms with Crippen molar-refractivity contribution < 1.29 is 4.79 Å². The molecule has 0 aliphatic rings. The minimum Gasteiger partial charge on any atom is -0.339 e. The molecular weight excluding hydrogens is 336 g/mol. The highest BCUT2D eigenvalue weighted by atomic mass is 16.1. The third-order valence-corrected chi connectivity index (χ3v) is 4.35. The molecule has 138 valence electrons.